The second-order valence-electron chi connectivity index (χ2n) is 10.5. The van der Waals surface area contributed by atoms with Crippen molar-refractivity contribution >= 4 is 75.0 Å². The molecule has 0 spiro atoms. The highest BCUT2D eigenvalue weighted by Gasteiger charge is 2.15. The Bertz CT molecular complexity index is 2400. The van der Waals surface area contributed by atoms with E-state index in [4.69, 9.17) is 4.42 Å². The van der Waals surface area contributed by atoms with Crippen molar-refractivity contribution in [2.45, 2.75) is 0 Å². The Hall–Kier alpha value is -4.92. The summed E-state index contributed by atoms with van der Waals surface area (Å²) in [7, 11) is 0. The number of rotatable bonds is 2. The van der Waals surface area contributed by atoms with Crippen molar-refractivity contribution in [3.63, 3.8) is 0 Å². The maximum atomic E-state index is 6.17. The molecular formula is C38H22OS. The van der Waals surface area contributed by atoms with Gasteiger partial charge in [-0.2, -0.15) is 0 Å². The molecule has 0 saturated carbocycles. The molecule has 2 heterocycles. The molecule has 0 saturated heterocycles. The molecule has 9 rings (SSSR count). The van der Waals surface area contributed by atoms with E-state index < -0.39 is 0 Å². The predicted molar refractivity (Wildman–Crippen MR) is 172 cm³/mol. The average molecular weight is 527 g/mol. The molecule has 2 aromatic heterocycles. The zero-order valence-corrected chi connectivity index (χ0v) is 22.3. The molecular weight excluding hydrogens is 504 g/mol. The third-order valence-electron chi connectivity index (χ3n) is 8.29. The van der Waals surface area contributed by atoms with E-state index in [2.05, 4.69) is 127 Å². The number of benzene rings is 7. The van der Waals surface area contributed by atoms with Crippen LogP contribution in [0.1, 0.15) is 0 Å². The van der Waals surface area contributed by atoms with Crippen LogP contribution in [0.15, 0.2) is 138 Å². The lowest BCUT2D eigenvalue weighted by atomic mass is 9.91. The molecule has 0 aliphatic carbocycles. The summed E-state index contributed by atoms with van der Waals surface area (Å²) in [5.41, 5.74) is 5.84. The lowest BCUT2D eigenvalue weighted by molar-refractivity contribution is 0.678. The van der Waals surface area contributed by atoms with E-state index in [1.807, 2.05) is 6.07 Å². The Balaban J connectivity index is 1.22. The van der Waals surface area contributed by atoms with Crippen LogP contribution >= 0.6 is 11.3 Å². The summed E-state index contributed by atoms with van der Waals surface area (Å²) < 4.78 is 7.43. The maximum absolute atomic E-state index is 6.17. The third-order valence-corrected chi connectivity index (χ3v) is 9.34. The third kappa shape index (κ3) is 3.14. The summed E-state index contributed by atoms with van der Waals surface area (Å²) in [6.45, 7) is 0. The molecule has 0 N–H and O–H groups in total. The van der Waals surface area contributed by atoms with Crippen LogP contribution in [-0.4, -0.2) is 0 Å². The van der Waals surface area contributed by atoms with E-state index in [0.717, 1.165) is 10.5 Å². The summed E-state index contributed by atoms with van der Waals surface area (Å²) >= 11 is 1.73. The van der Waals surface area contributed by atoms with Gasteiger partial charge in [-0.1, -0.05) is 114 Å². The van der Waals surface area contributed by atoms with Gasteiger partial charge in [0.2, 0.25) is 0 Å². The summed E-state index contributed by atoms with van der Waals surface area (Å²) in [6.07, 6.45) is 0. The van der Waals surface area contributed by atoms with Crippen LogP contribution in [0.2, 0.25) is 0 Å². The minimum Gasteiger partial charge on any atom is -0.445 e. The van der Waals surface area contributed by atoms with Gasteiger partial charge in [0.05, 0.1) is 0 Å². The van der Waals surface area contributed by atoms with Gasteiger partial charge in [0.1, 0.15) is 5.58 Å². The molecule has 0 atom stereocenters. The SMILES string of the molecule is c1cc(-c2ccc3c4ccccc4c4ccccc4c3c2)cc(-c2ccc3sc4oc5ccccc5c4c3c2)c1. The summed E-state index contributed by atoms with van der Waals surface area (Å²) in [5, 5.41) is 11.5. The van der Waals surface area contributed by atoms with Crippen LogP contribution in [0.25, 0.3) is 85.9 Å². The molecule has 0 unspecified atom stereocenters. The second-order valence-corrected chi connectivity index (χ2v) is 11.5. The molecule has 0 amide bonds. The second kappa shape index (κ2) is 8.29. The standard InChI is InChI=1S/C38H22OS/c1-2-12-29-27(10-1)28-11-3-4-13-30(28)33-21-25(16-18-31(29)33)23-8-7-9-24(20-23)26-17-19-36-34(22-26)37-32-14-5-6-15-35(32)39-38(37)40-36/h1-22H. The molecule has 40 heavy (non-hydrogen) atoms. The van der Waals surface area contributed by atoms with Crippen molar-refractivity contribution in [1.82, 2.24) is 0 Å². The van der Waals surface area contributed by atoms with Crippen molar-refractivity contribution in [2.24, 2.45) is 0 Å². The molecule has 0 aliphatic heterocycles. The van der Waals surface area contributed by atoms with Crippen LogP contribution in [0.4, 0.5) is 0 Å². The van der Waals surface area contributed by atoms with E-state index in [1.165, 1.54) is 75.4 Å². The van der Waals surface area contributed by atoms with E-state index in [0.29, 0.717) is 0 Å². The normalized spacial score (nSPS) is 12.0. The number of hydrogen-bond donors (Lipinski definition) is 0. The maximum Gasteiger partial charge on any atom is 0.190 e. The Labute approximate surface area is 234 Å². The zero-order valence-electron chi connectivity index (χ0n) is 21.5. The Morgan fingerprint density at radius 2 is 0.900 bits per heavy atom. The topological polar surface area (TPSA) is 13.1 Å². The first-order chi connectivity index (χ1) is 19.8. The minimum absolute atomic E-state index is 0.953. The van der Waals surface area contributed by atoms with Gasteiger partial charge < -0.3 is 4.42 Å². The fourth-order valence-corrected chi connectivity index (χ4v) is 7.47. The Morgan fingerprint density at radius 1 is 0.375 bits per heavy atom. The quantitative estimate of drug-likeness (QED) is 0.204. The van der Waals surface area contributed by atoms with Crippen LogP contribution in [0, 0.1) is 0 Å². The molecule has 0 aliphatic rings. The predicted octanol–water partition coefficient (Wildman–Crippen LogP) is 11.6. The van der Waals surface area contributed by atoms with Gasteiger partial charge in [-0.05, 0) is 84.9 Å². The van der Waals surface area contributed by atoms with Gasteiger partial charge in [0.25, 0.3) is 0 Å². The molecule has 0 radical (unpaired) electrons. The van der Waals surface area contributed by atoms with Crippen LogP contribution in [-0.2, 0) is 0 Å². The molecule has 9 aromatic rings. The smallest absolute Gasteiger partial charge is 0.190 e. The van der Waals surface area contributed by atoms with Crippen LogP contribution < -0.4 is 0 Å². The first-order valence-corrected chi connectivity index (χ1v) is 14.4. The number of hydrogen-bond acceptors (Lipinski definition) is 2. The summed E-state index contributed by atoms with van der Waals surface area (Å²) in [6, 6.07) is 48.5. The van der Waals surface area contributed by atoms with E-state index in [1.54, 1.807) is 11.3 Å². The van der Waals surface area contributed by atoms with Gasteiger partial charge >= 0.3 is 0 Å². The Morgan fingerprint density at radius 3 is 1.60 bits per heavy atom. The first-order valence-electron chi connectivity index (χ1n) is 13.6. The molecule has 7 aromatic carbocycles. The van der Waals surface area contributed by atoms with E-state index >= 15 is 0 Å². The molecule has 2 heteroatoms. The lowest BCUT2D eigenvalue weighted by Gasteiger charge is -2.12. The molecule has 0 bridgehead atoms. The average Bonchev–Trinajstić information content (AvgIpc) is 3.57. The highest BCUT2D eigenvalue weighted by Crippen LogP contribution is 2.42. The van der Waals surface area contributed by atoms with Crippen molar-refractivity contribution in [3.05, 3.63) is 133 Å². The lowest BCUT2D eigenvalue weighted by Crippen LogP contribution is -1.85. The fraction of sp³-hybridized carbons (Fsp3) is 0. The zero-order chi connectivity index (χ0) is 26.2. The van der Waals surface area contributed by atoms with Crippen LogP contribution in [0.5, 0.6) is 0 Å². The number of thiophene rings is 1. The Kier molecular flexibility index (Phi) is 4.55. The number of fused-ring (bicyclic) bond motifs is 11. The number of para-hydroxylation sites is 1. The van der Waals surface area contributed by atoms with E-state index in [9.17, 15) is 0 Å². The molecule has 1 nitrogen and oxygen atoms in total. The van der Waals surface area contributed by atoms with Crippen molar-refractivity contribution in [3.8, 4) is 22.3 Å². The van der Waals surface area contributed by atoms with Gasteiger partial charge in [-0.3, -0.25) is 0 Å². The summed E-state index contributed by atoms with van der Waals surface area (Å²) in [4.78, 5) is 0.998. The highest BCUT2D eigenvalue weighted by molar-refractivity contribution is 7.25. The van der Waals surface area contributed by atoms with Crippen molar-refractivity contribution < 1.29 is 4.42 Å². The van der Waals surface area contributed by atoms with Gasteiger partial charge in [-0.25, -0.2) is 0 Å². The largest absolute Gasteiger partial charge is 0.445 e. The van der Waals surface area contributed by atoms with Crippen molar-refractivity contribution in [2.75, 3.05) is 0 Å². The molecule has 0 fully saturated rings. The van der Waals surface area contributed by atoms with Crippen molar-refractivity contribution in [1.29, 1.82) is 0 Å². The van der Waals surface area contributed by atoms with Crippen LogP contribution in [0.3, 0.4) is 0 Å². The first kappa shape index (κ1) is 22.0. The number of furan rings is 1. The minimum atomic E-state index is 0.953. The fourth-order valence-electron chi connectivity index (χ4n) is 6.41. The summed E-state index contributed by atoms with van der Waals surface area (Å²) in [5.74, 6) is 0. The van der Waals surface area contributed by atoms with Gasteiger partial charge in [0.15, 0.2) is 4.90 Å². The van der Waals surface area contributed by atoms with Gasteiger partial charge in [0, 0.05) is 20.9 Å². The monoisotopic (exact) mass is 526 g/mol. The highest BCUT2D eigenvalue weighted by atomic mass is 32.1. The van der Waals surface area contributed by atoms with E-state index in [-0.39, 0.29) is 0 Å². The molecule has 186 valence electrons. The van der Waals surface area contributed by atoms with Gasteiger partial charge in [-0.15, -0.1) is 0 Å².